The Hall–Kier alpha value is -1.28. The van der Waals surface area contributed by atoms with Crippen LogP contribution in [0.5, 0.6) is 0 Å². The molecule has 1 heterocycles. The van der Waals surface area contributed by atoms with Crippen molar-refractivity contribution in [1.29, 1.82) is 0 Å². The molecule has 0 spiro atoms. The number of H-pyrrole nitrogens is 1. The third-order valence-electron chi connectivity index (χ3n) is 4.72. The number of hydrogen-bond acceptors (Lipinski definition) is 1. The minimum Gasteiger partial charge on any atom is -0.385 e. The molecule has 2 unspecified atom stereocenters. The Bertz CT molecular complexity index is 586. The first-order valence-electron chi connectivity index (χ1n) is 7.87. The highest BCUT2D eigenvalue weighted by atomic mass is 16.3. The number of aliphatic hydroxyl groups is 1. The van der Waals surface area contributed by atoms with Crippen LogP contribution < -0.4 is 0 Å². The molecule has 0 radical (unpaired) electrons. The molecule has 2 N–H and O–H groups in total. The maximum Gasteiger partial charge on any atom is 0.0899 e. The van der Waals surface area contributed by atoms with E-state index in [4.69, 9.17) is 0 Å². The molecule has 3 rings (SSSR count). The summed E-state index contributed by atoms with van der Waals surface area (Å²) in [5, 5.41) is 12.3. The van der Waals surface area contributed by atoms with Gasteiger partial charge in [-0.15, -0.1) is 0 Å². The van der Waals surface area contributed by atoms with E-state index in [2.05, 4.69) is 43.1 Å². The van der Waals surface area contributed by atoms with E-state index in [1.54, 1.807) is 0 Å². The largest absolute Gasteiger partial charge is 0.385 e. The lowest BCUT2D eigenvalue weighted by molar-refractivity contribution is -0.0243. The smallest absolute Gasteiger partial charge is 0.0899 e. The van der Waals surface area contributed by atoms with E-state index in [0.717, 1.165) is 36.3 Å². The molecule has 2 heteroatoms. The second kappa shape index (κ2) is 5.25. The van der Waals surface area contributed by atoms with Gasteiger partial charge in [-0.3, -0.25) is 0 Å². The molecule has 1 fully saturated rings. The minimum atomic E-state index is -0.622. The number of fused-ring (bicyclic) bond motifs is 1. The van der Waals surface area contributed by atoms with Gasteiger partial charge in [0.1, 0.15) is 0 Å². The Labute approximate surface area is 121 Å². The highest BCUT2D eigenvalue weighted by Crippen LogP contribution is 2.42. The molecule has 1 aliphatic carbocycles. The summed E-state index contributed by atoms with van der Waals surface area (Å²) in [6.45, 7) is 4.55. The van der Waals surface area contributed by atoms with Crippen molar-refractivity contribution in [3.63, 3.8) is 0 Å². The van der Waals surface area contributed by atoms with Crippen molar-refractivity contribution >= 4 is 10.9 Å². The summed E-state index contributed by atoms with van der Waals surface area (Å²) in [6, 6.07) is 8.42. The first-order chi connectivity index (χ1) is 9.57. The van der Waals surface area contributed by atoms with Crippen LogP contribution >= 0.6 is 0 Å². The predicted molar refractivity (Wildman–Crippen MR) is 83.6 cm³/mol. The maximum absolute atomic E-state index is 11.1. The average molecular weight is 271 g/mol. The van der Waals surface area contributed by atoms with Crippen LogP contribution in [-0.4, -0.2) is 10.1 Å². The molecule has 20 heavy (non-hydrogen) atoms. The van der Waals surface area contributed by atoms with Crippen molar-refractivity contribution in [2.24, 2.45) is 11.8 Å². The third kappa shape index (κ3) is 2.62. The molecule has 0 saturated heterocycles. The van der Waals surface area contributed by atoms with Crippen molar-refractivity contribution < 1.29 is 5.11 Å². The van der Waals surface area contributed by atoms with Crippen LogP contribution in [0.2, 0.25) is 0 Å². The SMILES string of the molecule is CC(C)CC1CCCC(O)(c2ccc3[nH]ccc3c2)C1. The van der Waals surface area contributed by atoms with Crippen LogP contribution in [-0.2, 0) is 5.60 Å². The molecule has 1 saturated carbocycles. The Morgan fingerprint density at radius 3 is 3.00 bits per heavy atom. The van der Waals surface area contributed by atoms with Crippen molar-refractivity contribution in [3.8, 4) is 0 Å². The van der Waals surface area contributed by atoms with Gasteiger partial charge >= 0.3 is 0 Å². The highest BCUT2D eigenvalue weighted by molar-refractivity contribution is 5.80. The molecule has 2 nitrogen and oxygen atoms in total. The van der Waals surface area contributed by atoms with Gasteiger partial charge in [-0.1, -0.05) is 26.3 Å². The lowest BCUT2D eigenvalue weighted by Gasteiger charge is -2.38. The normalized spacial score (nSPS) is 27.3. The topological polar surface area (TPSA) is 36.0 Å². The van der Waals surface area contributed by atoms with Gasteiger partial charge in [-0.2, -0.15) is 0 Å². The van der Waals surface area contributed by atoms with Gasteiger partial charge in [0, 0.05) is 11.7 Å². The van der Waals surface area contributed by atoms with E-state index in [0.29, 0.717) is 5.92 Å². The summed E-state index contributed by atoms with van der Waals surface area (Å²) in [4.78, 5) is 3.22. The van der Waals surface area contributed by atoms with Gasteiger partial charge in [0.2, 0.25) is 0 Å². The number of hydrogen-bond donors (Lipinski definition) is 2. The van der Waals surface area contributed by atoms with Gasteiger partial charge in [0.05, 0.1) is 5.60 Å². The Morgan fingerprint density at radius 1 is 1.35 bits per heavy atom. The summed E-state index contributed by atoms with van der Waals surface area (Å²) in [5.74, 6) is 1.38. The summed E-state index contributed by atoms with van der Waals surface area (Å²) in [7, 11) is 0. The molecular weight excluding hydrogens is 246 g/mol. The zero-order valence-electron chi connectivity index (χ0n) is 12.5. The molecule has 0 bridgehead atoms. The van der Waals surface area contributed by atoms with Crippen LogP contribution in [0, 0.1) is 11.8 Å². The van der Waals surface area contributed by atoms with Crippen LogP contribution in [0.3, 0.4) is 0 Å². The zero-order valence-corrected chi connectivity index (χ0v) is 12.5. The lowest BCUT2D eigenvalue weighted by Crippen LogP contribution is -2.33. The monoisotopic (exact) mass is 271 g/mol. The van der Waals surface area contributed by atoms with Gasteiger partial charge in [0.25, 0.3) is 0 Å². The fourth-order valence-corrected chi connectivity index (χ4v) is 3.84. The summed E-state index contributed by atoms with van der Waals surface area (Å²) in [6.07, 6.45) is 7.42. The van der Waals surface area contributed by atoms with E-state index in [-0.39, 0.29) is 0 Å². The highest BCUT2D eigenvalue weighted by Gasteiger charge is 2.36. The lowest BCUT2D eigenvalue weighted by atomic mass is 9.72. The quantitative estimate of drug-likeness (QED) is 0.841. The number of aromatic amines is 1. The third-order valence-corrected chi connectivity index (χ3v) is 4.72. The standard InChI is InChI=1S/C18H25NO/c1-13(2)10-14-4-3-8-18(20,12-14)16-5-6-17-15(11-16)7-9-19-17/h5-7,9,11,13-14,19-20H,3-4,8,10,12H2,1-2H3. The molecule has 1 aromatic heterocycles. The van der Waals surface area contributed by atoms with E-state index in [9.17, 15) is 5.11 Å². The van der Waals surface area contributed by atoms with E-state index < -0.39 is 5.60 Å². The molecule has 1 aliphatic rings. The average Bonchev–Trinajstić information content (AvgIpc) is 2.85. The maximum atomic E-state index is 11.1. The van der Waals surface area contributed by atoms with E-state index in [1.807, 2.05) is 6.20 Å². The second-order valence-electron chi connectivity index (χ2n) is 6.90. The van der Waals surface area contributed by atoms with E-state index >= 15 is 0 Å². The molecule has 2 aromatic rings. The summed E-state index contributed by atoms with van der Waals surface area (Å²) >= 11 is 0. The van der Waals surface area contributed by atoms with Crippen LogP contribution in [0.1, 0.15) is 51.5 Å². The van der Waals surface area contributed by atoms with Gasteiger partial charge in [-0.05, 0) is 66.7 Å². The fourth-order valence-electron chi connectivity index (χ4n) is 3.84. The molecule has 0 aliphatic heterocycles. The summed E-state index contributed by atoms with van der Waals surface area (Å²) < 4.78 is 0. The van der Waals surface area contributed by atoms with Crippen LogP contribution in [0.25, 0.3) is 10.9 Å². The summed E-state index contributed by atoms with van der Waals surface area (Å²) in [5.41, 5.74) is 1.62. The van der Waals surface area contributed by atoms with Gasteiger partial charge < -0.3 is 10.1 Å². The molecule has 1 aromatic carbocycles. The van der Waals surface area contributed by atoms with Crippen molar-refractivity contribution in [1.82, 2.24) is 4.98 Å². The van der Waals surface area contributed by atoms with Crippen molar-refractivity contribution in [3.05, 3.63) is 36.0 Å². The first kappa shape index (κ1) is 13.7. The number of nitrogens with one attached hydrogen (secondary N) is 1. The zero-order chi connectivity index (χ0) is 14.2. The molecule has 2 atom stereocenters. The Morgan fingerprint density at radius 2 is 2.20 bits per heavy atom. The first-order valence-corrected chi connectivity index (χ1v) is 7.87. The molecule has 0 amide bonds. The van der Waals surface area contributed by atoms with E-state index in [1.165, 1.54) is 18.2 Å². The molecule has 108 valence electrons. The van der Waals surface area contributed by atoms with Gasteiger partial charge in [0.15, 0.2) is 0 Å². The molecular formula is C18H25NO. The number of aromatic nitrogens is 1. The second-order valence-corrected chi connectivity index (χ2v) is 6.90. The van der Waals surface area contributed by atoms with Crippen LogP contribution in [0.4, 0.5) is 0 Å². The van der Waals surface area contributed by atoms with Crippen molar-refractivity contribution in [2.45, 2.75) is 51.6 Å². The van der Waals surface area contributed by atoms with Gasteiger partial charge in [-0.25, -0.2) is 0 Å². The minimum absolute atomic E-state index is 0.622. The Kier molecular flexibility index (Phi) is 3.59. The number of benzene rings is 1. The fraction of sp³-hybridized carbons (Fsp3) is 0.556. The number of rotatable bonds is 3. The Balaban J connectivity index is 1.86. The van der Waals surface area contributed by atoms with Crippen LogP contribution in [0.15, 0.2) is 30.5 Å². The predicted octanol–water partition coefficient (Wildman–Crippen LogP) is 4.59. The van der Waals surface area contributed by atoms with Crippen molar-refractivity contribution in [2.75, 3.05) is 0 Å².